The van der Waals surface area contributed by atoms with E-state index in [0.29, 0.717) is 25.7 Å². The van der Waals surface area contributed by atoms with Crippen LogP contribution in [-0.2, 0) is 9.53 Å². The van der Waals surface area contributed by atoms with Crippen LogP contribution >= 0.6 is 24.0 Å². The molecule has 1 aliphatic rings. The maximum Gasteiger partial charge on any atom is 0.308 e. The molecule has 1 aromatic carbocycles. The van der Waals surface area contributed by atoms with E-state index < -0.39 is 11.6 Å². The van der Waals surface area contributed by atoms with Crippen molar-refractivity contribution in [2.75, 3.05) is 26.3 Å². The predicted octanol–water partition coefficient (Wildman–Crippen LogP) is 3.64. The van der Waals surface area contributed by atoms with E-state index in [9.17, 15) is 13.6 Å². The summed E-state index contributed by atoms with van der Waals surface area (Å²) in [5.74, 6) is -1.01. The Labute approximate surface area is 187 Å². The van der Waals surface area contributed by atoms with Crippen LogP contribution in [0.4, 0.5) is 8.78 Å². The molecule has 1 aliphatic carbocycles. The number of benzene rings is 1. The van der Waals surface area contributed by atoms with E-state index in [4.69, 9.17) is 9.47 Å². The SMILES string of the molecule is CCNC(=NCCOc1ccc(F)c(F)c1)NC1CCC(C(=O)OCC)CC1.I. The van der Waals surface area contributed by atoms with Gasteiger partial charge in [-0.1, -0.05) is 0 Å². The van der Waals surface area contributed by atoms with Crippen LogP contribution in [-0.4, -0.2) is 44.3 Å². The lowest BCUT2D eigenvalue weighted by Crippen LogP contribution is -2.45. The first-order chi connectivity index (χ1) is 13.5. The monoisotopic (exact) mass is 525 g/mol. The maximum atomic E-state index is 13.2. The zero-order valence-electron chi connectivity index (χ0n) is 16.9. The van der Waals surface area contributed by atoms with Gasteiger partial charge in [-0.25, -0.2) is 13.8 Å². The van der Waals surface area contributed by atoms with E-state index in [1.165, 1.54) is 6.07 Å². The van der Waals surface area contributed by atoms with E-state index >= 15 is 0 Å². The van der Waals surface area contributed by atoms with Gasteiger partial charge < -0.3 is 20.1 Å². The third-order valence-electron chi connectivity index (χ3n) is 4.55. The fourth-order valence-corrected chi connectivity index (χ4v) is 3.13. The van der Waals surface area contributed by atoms with Crippen molar-refractivity contribution in [1.82, 2.24) is 10.6 Å². The van der Waals surface area contributed by atoms with Gasteiger partial charge in [0.25, 0.3) is 0 Å². The highest BCUT2D eigenvalue weighted by Crippen LogP contribution is 2.25. The van der Waals surface area contributed by atoms with E-state index in [1.807, 2.05) is 13.8 Å². The molecule has 0 bridgehead atoms. The van der Waals surface area contributed by atoms with Crippen LogP contribution in [0.2, 0.25) is 0 Å². The van der Waals surface area contributed by atoms with Gasteiger partial charge in [0.2, 0.25) is 0 Å². The molecule has 0 spiro atoms. The van der Waals surface area contributed by atoms with E-state index in [-0.39, 0.29) is 54.3 Å². The summed E-state index contributed by atoms with van der Waals surface area (Å²) < 4.78 is 36.6. The van der Waals surface area contributed by atoms with Crippen molar-refractivity contribution in [2.24, 2.45) is 10.9 Å². The first kappa shape index (κ1) is 25.4. The van der Waals surface area contributed by atoms with E-state index in [1.54, 1.807) is 0 Å². The lowest BCUT2D eigenvalue weighted by molar-refractivity contribution is -0.149. The molecular formula is C20H30F2IN3O3. The van der Waals surface area contributed by atoms with Gasteiger partial charge in [-0.3, -0.25) is 4.79 Å². The summed E-state index contributed by atoms with van der Waals surface area (Å²) in [6.07, 6.45) is 3.35. The fraction of sp³-hybridized carbons (Fsp3) is 0.600. The second kappa shape index (κ2) is 13.6. The molecule has 2 N–H and O–H groups in total. The van der Waals surface area contributed by atoms with Crippen LogP contribution in [0.5, 0.6) is 5.75 Å². The zero-order chi connectivity index (χ0) is 20.4. The average molecular weight is 525 g/mol. The van der Waals surface area contributed by atoms with Crippen LogP contribution in [0, 0.1) is 17.6 Å². The summed E-state index contributed by atoms with van der Waals surface area (Å²) in [7, 11) is 0. The molecule has 0 atom stereocenters. The Morgan fingerprint density at radius 2 is 1.90 bits per heavy atom. The van der Waals surface area contributed by atoms with Crippen LogP contribution in [0.3, 0.4) is 0 Å². The van der Waals surface area contributed by atoms with Crippen molar-refractivity contribution >= 4 is 35.9 Å². The minimum Gasteiger partial charge on any atom is -0.492 e. The summed E-state index contributed by atoms with van der Waals surface area (Å²) in [4.78, 5) is 16.3. The lowest BCUT2D eigenvalue weighted by Gasteiger charge is -2.29. The third-order valence-corrected chi connectivity index (χ3v) is 4.55. The van der Waals surface area contributed by atoms with Crippen LogP contribution in [0.1, 0.15) is 39.5 Å². The summed E-state index contributed by atoms with van der Waals surface area (Å²) >= 11 is 0. The number of nitrogens with zero attached hydrogens (tertiary/aromatic N) is 1. The van der Waals surface area contributed by atoms with Crippen molar-refractivity contribution in [3.8, 4) is 5.75 Å². The number of carbonyl (C=O) groups is 1. The number of guanidine groups is 1. The number of aliphatic imine (C=N–C) groups is 1. The van der Waals surface area contributed by atoms with Crippen molar-refractivity contribution in [3.05, 3.63) is 29.8 Å². The molecule has 6 nitrogen and oxygen atoms in total. The summed E-state index contributed by atoms with van der Waals surface area (Å²) in [5.41, 5.74) is 0. The molecule has 0 amide bonds. The number of esters is 1. The lowest BCUT2D eigenvalue weighted by atomic mass is 9.86. The number of nitrogens with one attached hydrogen (secondary N) is 2. The molecule has 9 heteroatoms. The molecule has 0 heterocycles. The van der Waals surface area contributed by atoms with E-state index in [0.717, 1.165) is 37.8 Å². The van der Waals surface area contributed by atoms with Gasteiger partial charge in [-0.05, 0) is 51.7 Å². The quantitative estimate of drug-likeness (QED) is 0.178. The minimum absolute atomic E-state index is 0. The standard InChI is InChI=1S/C20H29F2N3O3.HI/c1-3-23-20(24-11-12-28-16-9-10-17(21)18(22)13-16)25-15-7-5-14(6-8-15)19(26)27-4-2;/h9-10,13-15H,3-8,11-12H2,1-2H3,(H2,23,24,25);1H. The fourth-order valence-electron chi connectivity index (χ4n) is 3.13. The first-order valence-corrected chi connectivity index (χ1v) is 9.82. The number of carbonyl (C=O) groups excluding carboxylic acids is 1. The number of rotatable bonds is 8. The molecule has 0 unspecified atom stereocenters. The van der Waals surface area contributed by atoms with Gasteiger partial charge in [0.15, 0.2) is 17.6 Å². The molecule has 0 aromatic heterocycles. The Bertz CT molecular complexity index is 668. The largest absolute Gasteiger partial charge is 0.492 e. The topological polar surface area (TPSA) is 72.0 Å². The highest BCUT2D eigenvalue weighted by Gasteiger charge is 2.27. The Balaban J connectivity index is 0.00000420. The molecule has 1 saturated carbocycles. The first-order valence-electron chi connectivity index (χ1n) is 9.82. The summed E-state index contributed by atoms with van der Waals surface area (Å²) in [6.45, 7) is 5.55. The number of hydrogen-bond acceptors (Lipinski definition) is 4. The second-order valence-corrected chi connectivity index (χ2v) is 6.63. The maximum absolute atomic E-state index is 13.2. The smallest absolute Gasteiger partial charge is 0.308 e. The Morgan fingerprint density at radius 1 is 1.17 bits per heavy atom. The highest BCUT2D eigenvalue weighted by atomic mass is 127. The van der Waals surface area contributed by atoms with E-state index in [2.05, 4.69) is 15.6 Å². The molecule has 29 heavy (non-hydrogen) atoms. The second-order valence-electron chi connectivity index (χ2n) is 6.63. The molecule has 0 aliphatic heterocycles. The van der Waals surface area contributed by atoms with Gasteiger partial charge in [0, 0.05) is 18.7 Å². The average Bonchev–Trinajstić information content (AvgIpc) is 2.68. The Hall–Kier alpha value is -1.65. The molecule has 1 fully saturated rings. The van der Waals surface area contributed by atoms with Crippen LogP contribution in [0.15, 0.2) is 23.2 Å². The highest BCUT2D eigenvalue weighted by molar-refractivity contribution is 14.0. The van der Waals surface area contributed by atoms with Gasteiger partial charge in [-0.2, -0.15) is 0 Å². The van der Waals surface area contributed by atoms with Crippen LogP contribution < -0.4 is 15.4 Å². The minimum atomic E-state index is -0.936. The summed E-state index contributed by atoms with van der Waals surface area (Å²) in [6, 6.07) is 3.68. The Morgan fingerprint density at radius 3 is 2.52 bits per heavy atom. The normalized spacial score (nSPS) is 19.1. The number of halogens is 3. The summed E-state index contributed by atoms with van der Waals surface area (Å²) in [5, 5.41) is 6.57. The van der Waals surface area contributed by atoms with Gasteiger partial charge in [0.05, 0.1) is 19.1 Å². The van der Waals surface area contributed by atoms with Crippen molar-refractivity contribution in [1.29, 1.82) is 0 Å². The molecular weight excluding hydrogens is 495 g/mol. The Kier molecular flexibility index (Phi) is 11.9. The molecule has 1 aromatic rings. The molecule has 2 rings (SSSR count). The zero-order valence-corrected chi connectivity index (χ0v) is 19.2. The van der Waals surface area contributed by atoms with Gasteiger partial charge in [-0.15, -0.1) is 24.0 Å². The predicted molar refractivity (Wildman–Crippen MR) is 119 cm³/mol. The van der Waals surface area contributed by atoms with Crippen molar-refractivity contribution in [2.45, 2.75) is 45.6 Å². The molecule has 0 radical (unpaired) electrons. The van der Waals surface area contributed by atoms with Crippen molar-refractivity contribution in [3.63, 3.8) is 0 Å². The molecule has 164 valence electrons. The van der Waals surface area contributed by atoms with Crippen LogP contribution in [0.25, 0.3) is 0 Å². The van der Waals surface area contributed by atoms with Gasteiger partial charge in [0.1, 0.15) is 12.4 Å². The number of ether oxygens (including phenoxy) is 2. The molecule has 0 saturated heterocycles. The number of hydrogen-bond donors (Lipinski definition) is 2. The van der Waals surface area contributed by atoms with Gasteiger partial charge >= 0.3 is 5.97 Å². The third kappa shape index (κ3) is 8.71. The van der Waals surface area contributed by atoms with Crippen molar-refractivity contribution < 1.29 is 23.0 Å².